The molecule has 0 radical (unpaired) electrons. The molecular weight excluding hydrogens is 468 g/mol. The molecule has 1 heterocycles. The van der Waals surface area contributed by atoms with E-state index in [0.717, 1.165) is 10.0 Å². The van der Waals surface area contributed by atoms with E-state index in [1.807, 2.05) is 36.4 Å². The molecule has 4 rings (SSSR count). The van der Waals surface area contributed by atoms with E-state index in [4.69, 9.17) is 16.7 Å². The summed E-state index contributed by atoms with van der Waals surface area (Å²) < 4.78 is 0.838. The number of carbonyl (C=O) groups is 2. The Hall–Kier alpha value is -3.22. The van der Waals surface area contributed by atoms with Crippen LogP contribution in [0.15, 0.2) is 88.0 Å². The van der Waals surface area contributed by atoms with Crippen LogP contribution in [-0.2, 0) is 4.79 Å². The van der Waals surface area contributed by atoms with Crippen LogP contribution in [0.3, 0.4) is 0 Å². The fraction of sp³-hybridized carbons (Fsp3) is 0. The van der Waals surface area contributed by atoms with Gasteiger partial charge in [-0.3, -0.25) is 9.69 Å². The van der Waals surface area contributed by atoms with Crippen LogP contribution < -0.4 is 4.90 Å². The highest BCUT2D eigenvalue weighted by molar-refractivity contribution is 9.10. The van der Waals surface area contributed by atoms with E-state index in [0.29, 0.717) is 22.1 Å². The molecule has 0 saturated heterocycles. The number of hydrogen-bond acceptors (Lipinski definition) is 3. The molecule has 0 fully saturated rings. The molecule has 148 valence electrons. The Balaban J connectivity index is 1.79. The Kier molecular flexibility index (Phi) is 5.53. The van der Waals surface area contributed by atoms with Crippen molar-refractivity contribution < 1.29 is 14.7 Å². The molecule has 3 aromatic carbocycles. The second-order valence-electron chi connectivity index (χ2n) is 6.52. The van der Waals surface area contributed by atoms with E-state index in [2.05, 4.69) is 20.9 Å². The minimum absolute atomic E-state index is 0.177. The van der Waals surface area contributed by atoms with Gasteiger partial charge in [0, 0.05) is 15.1 Å². The number of halogens is 2. The molecule has 7 heteroatoms. The van der Waals surface area contributed by atoms with Gasteiger partial charge in [-0.05, 0) is 66.2 Å². The van der Waals surface area contributed by atoms with Crippen molar-refractivity contribution in [3.05, 3.63) is 105 Å². The summed E-state index contributed by atoms with van der Waals surface area (Å²) in [6.45, 7) is 0. The summed E-state index contributed by atoms with van der Waals surface area (Å²) in [4.78, 5) is 30.4. The van der Waals surface area contributed by atoms with Crippen LogP contribution in [0.1, 0.15) is 21.5 Å². The van der Waals surface area contributed by atoms with Gasteiger partial charge in [-0.25, -0.2) is 9.79 Å². The highest BCUT2D eigenvalue weighted by Crippen LogP contribution is 2.30. The lowest BCUT2D eigenvalue weighted by molar-refractivity contribution is -0.113. The van der Waals surface area contributed by atoms with Crippen molar-refractivity contribution in [3.8, 4) is 0 Å². The average molecular weight is 482 g/mol. The van der Waals surface area contributed by atoms with Gasteiger partial charge in [0.1, 0.15) is 11.5 Å². The standard InChI is InChI=1S/C23H14BrClN2O3/c24-17-2-1-3-19(13-17)27-21(15-8-10-18(25)11-9-15)26-20(22(27)28)12-14-4-6-16(7-5-14)23(29)30/h1-13H,(H,29,30)/b20-12+. The van der Waals surface area contributed by atoms with Crippen LogP contribution in [0.2, 0.25) is 5.02 Å². The van der Waals surface area contributed by atoms with Crippen LogP contribution in [0.5, 0.6) is 0 Å². The first-order valence-electron chi connectivity index (χ1n) is 8.92. The highest BCUT2D eigenvalue weighted by Gasteiger charge is 2.32. The first kappa shape index (κ1) is 20.1. The lowest BCUT2D eigenvalue weighted by Crippen LogP contribution is -2.32. The molecular formula is C23H14BrClN2O3. The fourth-order valence-corrected chi connectivity index (χ4v) is 3.56. The summed E-state index contributed by atoms with van der Waals surface area (Å²) in [6.07, 6.45) is 1.64. The third-order valence-electron chi connectivity index (χ3n) is 4.49. The molecule has 1 N–H and O–H groups in total. The van der Waals surface area contributed by atoms with E-state index in [9.17, 15) is 9.59 Å². The topological polar surface area (TPSA) is 70.0 Å². The van der Waals surface area contributed by atoms with Gasteiger partial charge < -0.3 is 5.11 Å². The maximum Gasteiger partial charge on any atom is 0.335 e. The van der Waals surface area contributed by atoms with Crippen molar-refractivity contribution in [2.24, 2.45) is 4.99 Å². The molecule has 3 aromatic rings. The zero-order valence-corrected chi connectivity index (χ0v) is 17.8. The van der Waals surface area contributed by atoms with Crippen molar-refractivity contribution in [1.82, 2.24) is 0 Å². The summed E-state index contributed by atoms with van der Waals surface area (Å²) in [5, 5.41) is 9.64. The van der Waals surface area contributed by atoms with Crippen molar-refractivity contribution in [2.45, 2.75) is 0 Å². The normalized spacial score (nSPS) is 14.9. The van der Waals surface area contributed by atoms with Crippen LogP contribution in [-0.4, -0.2) is 22.8 Å². The number of benzene rings is 3. The molecule has 0 spiro atoms. The molecule has 1 aliphatic rings. The number of nitrogens with zero attached hydrogens (tertiary/aromatic N) is 2. The van der Waals surface area contributed by atoms with Crippen molar-refractivity contribution in [3.63, 3.8) is 0 Å². The number of amides is 1. The zero-order valence-electron chi connectivity index (χ0n) is 15.4. The molecule has 0 bridgehead atoms. The van der Waals surface area contributed by atoms with E-state index in [1.165, 1.54) is 12.1 Å². The monoisotopic (exact) mass is 480 g/mol. The third-order valence-corrected chi connectivity index (χ3v) is 5.24. The van der Waals surface area contributed by atoms with E-state index in [-0.39, 0.29) is 17.2 Å². The number of amidine groups is 1. The molecule has 0 atom stereocenters. The number of carboxylic acid groups (broad SMARTS) is 1. The SMILES string of the molecule is O=C(O)c1ccc(/C=C2/N=C(c3ccc(Cl)cc3)N(c3cccc(Br)c3)C2=O)cc1. The largest absolute Gasteiger partial charge is 0.478 e. The number of aromatic carboxylic acids is 1. The van der Waals surface area contributed by atoms with Gasteiger partial charge in [0.15, 0.2) is 0 Å². The summed E-state index contributed by atoms with van der Waals surface area (Å²) >= 11 is 9.46. The maximum atomic E-state index is 13.3. The second-order valence-corrected chi connectivity index (χ2v) is 7.87. The molecule has 0 aliphatic carbocycles. The minimum Gasteiger partial charge on any atom is -0.478 e. The Morgan fingerprint density at radius 2 is 1.73 bits per heavy atom. The molecule has 30 heavy (non-hydrogen) atoms. The Morgan fingerprint density at radius 3 is 2.37 bits per heavy atom. The van der Waals surface area contributed by atoms with Gasteiger partial charge in [-0.2, -0.15) is 0 Å². The van der Waals surface area contributed by atoms with Crippen LogP contribution in [0.25, 0.3) is 6.08 Å². The minimum atomic E-state index is -1.00. The molecule has 0 unspecified atom stereocenters. The summed E-state index contributed by atoms with van der Waals surface area (Å²) in [7, 11) is 0. The Labute approximate surface area is 186 Å². The lowest BCUT2D eigenvalue weighted by Gasteiger charge is -2.18. The Bertz CT molecular complexity index is 1200. The van der Waals surface area contributed by atoms with Crippen LogP contribution >= 0.6 is 27.5 Å². The first-order valence-corrected chi connectivity index (χ1v) is 10.1. The van der Waals surface area contributed by atoms with Gasteiger partial charge in [0.2, 0.25) is 0 Å². The molecule has 0 saturated carbocycles. The Morgan fingerprint density at radius 1 is 1.03 bits per heavy atom. The van der Waals surface area contributed by atoms with Crippen LogP contribution in [0, 0.1) is 0 Å². The second kappa shape index (κ2) is 8.26. The van der Waals surface area contributed by atoms with E-state index < -0.39 is 5.97 Å². The fourth-order valence-electron chi connectivity index (χ4n) is 3.04. The van der Waals surface area contributed by atoms with Gasteiger partial charge in [-0.15, -0.1) is 0 Å². The average Bonchev–Trinajstić information content (AvgIpc) is 3.05. The van der Waals surface area contributed by atoms with Crippen molar-refractivity contribution in [2.75, 3.05) is 4.90 Å². The van der Waals surface area contributed by atoms with Gasteiger partial charge in [-0.1, -0.05) is 45.7 Å². The lowest BCUT2D eigenvalue weighted by atomic mass is 10.1. The molecule has 0 aromatic heterocycles. The number of carboxylic acids is 1. The summed E-state index contributed by atoms with van der Waals surface area (Å²) in [5.74, 6) is -0.793. The maximum absolute atomic E-state index is 13.3. The molecule has 1 aliphatic heterocycles. The third kappa shape index (κ3) is 4.06. The first-order chi connectivity index (χ1) is 14.4. The number of rotatable bonds is 4. The van der Waals surface area contributed by atoms with E-state index >= 15 is 0 Å². The summed E-state index contributed by atoms with van der Waals surface area (Å²) in [5.41, 5.74) is 2.53. The predicted octanol–water partition coefficient (Wildman–Crippen LogP) is 5.64. The van der Waals surface area contributed by atoms with Crippen molar-refractivity contribution in [1.29, 1.82) is 0 Å². The smallest absolute Gasteiger partial charge is 0.335 e. The number of aliphatic imine (C=N–C) groups is 1. The van der Waals surface area contributed by atoms with Gasteiger partial charge >= 0.3 is 5.97 Å². The van der Waals surface area contributed by atoms with Crippen molar-refractivity contribution >= 4 is 57.0 Å². The summed E-state index contributed by atoms with van der Waals surface area (Å²) in [6, 6.07) is 20.8. The number of hydrogen-bond donors (Lipinski definition) is 1. The number of anilines is 1. The van der Waals surface area contributed by atoms with Crippen LogP contribution in [0.4, 0.5) is 5.69 Å². The number of carbonyl (C=O) groups excluding carboxylic acids is 1. The van der Waals surface area contributed by atoms with E-state index in [1.54, 1.807) is 35.2 Å². The van der Waals surface area contributed by atoms with Gasteiger partial charge in [0.05, 0.1) is 11.3 Å². The molecule has 1 amide bonds. The molecule has 5 nitrogen and oxygen atoms in total. The predicted molar refractivity (Wildman–Crippen MR) is 121 cm³/mol. The highest BCUT2D eigenvalue weighted by atomic mass is 79.9. The van der Waals surface area contributed by atoms with Gasteiger partial charge in [0.25, 0.3) is 5.91 Å². The quantitative estimate of drug-likeness (QED) is 0.491. The zero-order chi connectivity index (χ0) is 21.3.